The highest BCUT2D eigenvalue weighted by atomic mass is 16.5. The van der Waals surface area contributed by atoms with Crippen molar-refractivity contribution in [3.63, 3.8) is 0 Å². The summed E-state index contributed by atoms with van der Waals surface area (Å²) in [5, 5.41) is 9.15. The van der Waals surface area contributed by atoms with Crippen molar-refractivity contribution >= 4 is 5.97 Å². The number of hydrogen-bond acceptors (Lipinski definition) is 5. The SMILES string of the molecule is COC(=O)C#CC1CC1n1nn[nH]c1=O. The summed E-state index contributed by atoms with van der Waals surface area (Å²) in [6.45, 7) is 0. The van der Waals surface area contributed by atoms with Gasteiger partial charge < -0.3 is 4.74 Å². The Bertz CT molecular complexity index is 492. The van der Waals surface area contributed by atoms with Gasteiger partial charge in [0.15, 0.2) is 0 Å². The number of rotatable bonds is 1. The summed E-state index contributed by atoms with van der Waals surface area (Å²) in [6, 6.07) is -0.0755. The first-order chi connectivity index (χ1) is 7.22. The minimum absolute atomic E-state index is 0.0214. The van der Waals surface area contributed by atoms with E-state index in [0.29, 0.717) is 6.42 Å². The van der Waals surface area contributed by atoms with E-state index in [4.69, 9.17) is 0 Å². The largest absolute Gasteiger partial charge is 0.459 e. The van der Waals surface area contributed by atoms with Gasteiger partial charge in [0.05, 0.1) is 13.2 Å². The first kappa shape index (κ1) is 9.45. The van der Waals surface area contributed by atoms with Crippen LogP contribution in [0.25, 0.3) is 0 Å². The predicted molar refractivity (Wildman–Crippen MR) is 47.6 cm³/mol. The molecule has 78 valence electrons. The molecular formula is C8H8N4O3. The quantitative estimate of drug-likeness (QED) is 0.352. The van der Waals surface area contributed by atoms with E-state index in [-0.39, 0.29) is 17.6 Å². The van der Waals surface area contributed by atoms with Crippen molar-refractivity contribution in [3.8, 4) is 11.8 Å². The van der Waals surface area contributed by atoms with Crippen LogP contribution in [0.15, 0.2) is 4.79 Å². The van der Waals surface area contributed by atoms with Gasteiger partial charge in [0.25, 0.3) is 0 Å². The lowest BCUT2D eigenvalue weighted by Crippen LogP contribution is -2.17. The van der Waals surface area contributed by atoms with Gasteiger partial charge in [0.2, 0.25) is 0 Å². The molecule has 1 aromatic heterocycles. The number of nitrogens with zero attached hydrogens (tertiary/aromatic N) is 3. The second kappa shape index (κ2) is 3.57. The number of nitrogens with one attached hydrogen (secondary N) is 1. The molecule has 0 saturated heterocycles. The third-order valence-electron chi connectivity index (χ3n) is 2.11. The van der Waals surface area contributed by atoms with Gasteiger partial charge in [-0.15, -0.1) is 0 Å². The van der Waals surface area contributed by atoms with E-state index in [9.17, 15) is 9.59 Å². The molecule has 2 unspecified atom stereocenters. The van der Waals surface area contributed by atoms with Crippen molar-refractivity contribution in [1.29, 1.82) is 0 Å². The molecule has 7 heteroatoms. The second-order valence-electron chi connectivity index (χ2n) is 3.12. The van der Waals surface area contributed by atoms with Crippen LogP contribution in [0.5, 0.6) is 0 Å². The fraction of sp³-hybridized carbons (Fsp3) is 0.500. The zero-order chi connectivity index (χ0) is 10.8. The summed E-state index contributed by atoms with van der Waals surface area (Å²) in [4.78, 5) is 21.8. The summed E-state index contributed by atoms with van der Waals surface area (Å²) in [7, 11) is 1.27. The number of aromatic amines is 1. The first-order valence-corrected chi connectivity index (χ1v) is 4.31. The Morgan fingerprint density at radius 2 is 2.53 bits per heavy atom. The molecule has 7 nitrogen and oxygen atoms in total. The minimum Gasteiger partial charge on any atom is -0.459 e. The van der Waals surface area contributed by atoms with Gasteiger partial charge in [-0.05, 0) is 16.8 Å². The molecule has 1 aliphatic rings. The van der Waals surface area contributed by atoms with Crippen LogP contribution in [0, 0.1) is 17.8 Å². The number of H-pyrrole nitrogens is 1. The number of methoxy groups -OCH3 is 1. The maximum Gasteiger partial charge on any atom is 0.384 e. The van der Waals surface area contributed by atoms with Crippen molar-refractivity contribution in [3.05, 3.63) is 10.5 Å². The van der Waals surface area contributed by atoms with Gasteiger partial charge in [-0.2, -0.15) is 4.68 Å². The topological polar surface area (TPSA) is 89.9 Å². The lowest BCUT2D eigenvalue weighted by Gasteiger charge is -1.89. The lowest BCUT2D eigenvalue weighted by atomic mass is 10.4. The first-order valence-electron chi connectivity index (χ1n) is 4.31. The van der Waals surface area contributed by atoms with Gasteiger partial charge in [0, 0.05) is 11.8 Å². The number of ether oxygens (including phenoxy) is 1. The van der Waals surface area contributed by atoms with Crippen molar-refractivity contribution in [2.24, 2.45) is 5.92 Å². The fourth-order valence-corrected chi connectivity index (χ4v) is 1.23. The van der Waals surface area contributed by atoms with Gasteiger partial charge >= 0.3 is 11.7 Å². The van der Waals surface area contributed by atoms with Gasteiger partial charge in [-0.3, -0.25) is 0 Å². The zero-order valence-corrected chi connectivity index (χ0v) is 7.93. The Kier molecular flexibility index (Phi) is 2.25. The Morgan fingerprint density at radius 3 is 3.13 bits per heavy atom. The molecule has 0 bridgehead atoms. The summed E-state index contributed by atoms with van der Waals surface area (Å²) < 4.78 is 5.60. The molecule has 1 heterocycles. The van der Waals surface area contributed by atoms with Crippen LogP contribution < -0.4 is 5.69 Å². The van der Waals surface area contributed by atoms with E-state index in [1.54, 1.807) is 0 Å². The summed E-state index contributed by atoms with van der Waals surface area (Å²) in [6.07, 6.45) is 0.705. The van der Waals surface area contributed by atoms with Crippen LogP contribution in [0.2, 0.25) is 0 Å². The van der Waals surface area contributed by atoms with E-state index in [0.717, 1.165) is 0 Å². The van der Waals surface area contributed by atoms with Crippen molar-refractivity contribution < 1.29 is 9.53 Å². The summed E-state index contributed by atoms with van der Waals surface area (Å²) in [5.74, 6) is 4.43. The van der Waals surface area contributed by atoms with E-state index < -0.39 is 5.97 Å². The number of carbonyl (C=O) groups excluding carboxylic acids is 1. The highest BCUT2D eigenvalue weighted by Crippen LogP contribution is 2.40. The van der Waals surface area contributed by atoms with Crippen molar-refractivity contribution in [2.45, 2.75) is 12.5 Å². The number of tetrazole rings is 1. The highest BCUT2D eigenvalue weighted by Gasteiger charge is 2.40. The molecule has 0 radical (unpaired) electrons. The molecule has 2 rings (SSSR count). The molecule has 1 aliphatic carbocycles. The summed E-state index contributed by atoms with van der Waals surface area (Å²) >= 11 is 0. The molecule has 1 aromatic rings. The monoisotopic (exact) mass is 208 g/mol. The molecule has 0 aliphatic heterocycles. The van der Waals surface area contributed by atoms with Crippen LogP contribution in [-0.4, -0.2) is 33.3 Å². The molecule has 1 fully saturated rings. The number of carbonyl (C=O) groups is 1. The molecular weight excluding hydrogens is 200 g/mol. The molecule has 0 spiro atoms. The number of hydrogen-bond donors (Lipinski definition) is 1. The number of aromatic nitrogens is 4. The van der Waals surface area contributed by atoms with E-state index in [1.165, 1.54) is 11.8 Å². The van der Waals surface area contributed by atoms with E-state index >= 15 is 0 Å². The van der Waals surface area contributed by atoms with E-state index in [2.05, 4.69) is 32.1 Å². The van der Waals surface area contributed by atoms with Crippen LogP contribution >= 0.6 is 0 Å². The highest BCUT2D eigenvalue weighted by molar-refractivity contribution is 5.88. The maximum atomic E-state index is 11.1. The smallest absolute Gasteiger partial charge is 0.384 e. The Labute approximate surface area is 84.4 Å². The zero-order valence-electron chi connectivity index (χ0n) is 7.93. The van der Waals surface area contributed by atoms with Crippen molar-refractivity contribution in [1.82, 2.24) is 20.2 Å². The molecule has 2 atom stereocenters. The fourth-order valence-electron chi connectivity index (χ4n) is 1.23. The Hall–Kier alpha value is -2.10. The molecule has 0 amide bonds. The predicted octanol–water partition coefficient (Wildman–Crippen LogP) is -1.30. The molecule has 1 saturated carbocycles. The average molecular weight is 208 g/mol. The second-order valence-corrected chi connectivity index (χ2v) is 3.12. The van der Waals surface area contributed by atoms with Gasteiger partial charge in [0.1, 0.15) is 0 Å². The van der Waals surface area contributed by atoms with Crippen molar-refractivity contribution in [2.75, 3.05) is 7.11 Å². The Balaban J connectivity index is 2.02. The normalized spacial score (nSPS) is 22.7. The summed E-state index contributed by atoms with van der Waals surface area (Å²) in [5.41, 5.74) is -0.359. The standard InChI is InChI=1S/C8H8N4O3/c1-15-7(13)3-2-5-4-6(5)12-8(14)9-10-11-12/h5-6H,4H2,1H3,(H,9,11,14). The molecule has 0 aromatic carbocycles. The van der Waals surface area contributed by atoms with Crippen LogP contribution in [0.1, 0.15) is 12.5 Å². The van der Waals surface area contributed by atoms with Crippen LogP contribution in [0.3, 0.4) is 0 Å². The average Bonchev–Trinajstić information content (AvgIpc) is 2.89. The molecule has 15 heavy (non-hydrogen) atoms. The van der Waals surface area contributed by atoms with Crippen LogP contribution in [0.4, 0.5) is 0 Å². The van der Waals surface area contributed by atoms with Crippen LogP contribution in [-0.2, 0) is 9.53 Å². The van der Waals surface area contributed by atoms with Gasteiger partial charge in [-0.1, -0.05) is 5.92 Å². The van der Waals surface area contributed by atoms with E-state index in [1.807, 2.05) is 0 Å². The Morgan fingerprint density at radius 1 is 1.73 bits per heavy atom. The lowest BCUT2D eigenvalue weighted by molar-refractivity contribution is -0.133. The molecule has 1 N–H and O–H groups in total. The maximum absolute atomic E-state index is 11.1. The minimum atomic E-state index is -0.576. The van der Waals surface area contributed by atoms with Gasteiger partial charge in [-0.25, -0.2) is 14.7 Å². The third kappa shape index (κ3) is 1.88. The number of esters is 1. The third-order valence-corrected chi connectivity index (χ3v) is 2.11.